The molecule has 0 radical (unpaired) electrons. The van der Waals surface area contributed by atoms with Crippen molar-refractivity contribution in [3.05, 3.63) is 45.7 Å². The minimum absolute atomic E-state index is 0.0575. The van der Waals surface area contributed by atoms with Crippen molar-refractivity contribution in [2.75, 3.05) is 6.61 Å². The lowest BCUT2D eigenvalue weighted by atomic mass is 10.3. The van der Waals surface area contributed by atoms with Gasteiger partial charge in [-0.1, -0.05) is 23.2 Å². The normalized spacial score (nSPS) is 10.3. The van der Waals surface area contributed by atoms with Gasteiger partial charge in [-0.15, -0.1) is 0 Å². The number of nitrogens with zero attached hydrogens (tertiary/aromatic N) is 2. The lowest BCUT2D eigenvalue weighted by Crippen LogP contribution is -2.08. The van der Waals surface area contributed by atoms with E-state index in [0.717, 1.165) is 0 Å². The number of ether oxygens (including phenoxy) is 1. The summed E-state index contributed by atoms with van der Waals surface area (Å²) >= 11 is 12.0. The van der Waals surface area contributed by atoms with Crippen molar-refractivity contribution in [1.82, 2.24) is 9.78 Å². The van der Waals surface area contributed by atoms with Crippen molar-refractivity contribution < 1.29 is 14.3 Å². The fourth-order valence-electron chi connectivity index (χ4n) is 1.62. The Labute approximate surface area is 125 Å². The Kier molecular flexibility index (Phi) is 4.42. The average molecular weight is 313 g/mol. The van der Waals surface area contributed by atoms with Crippen LogP contribution in [0.5, 0.6) is 0 Å². The third kappa shape index (κ3) is 2.84. The number of rotatable bonds is 4. The Bertz CT molecular complexity index is 668. The summed E-state index contributed by atoms with van der Waals surface area (Å²) in [7, 11) is 0. The molecule has 0 saturated carbocycles. The molecule has 0 unspecified atom stereocenters. The third-order valence-corrected chi connectivity index (χ3v) is 3.05. The second kappa shape index (κ2) is 6.07. The van der Waals surface area contributed by atoms with Gasteiger partial charge in [0.15, 0.2) is 12.0 Å². The molecule has 104 valence electrons. The van der Waals surface area contributed by atoms with Crippen LogP contribution in [0, 0.1) is 0 Å². The molecule has 0 atom stereocenters. The van der Waals surface area contributed by atoms with Gasteiger partial charge in [-0.05, 0) is 25.1 Å². The van der Waals surface area contributed by atoms with Crippen molar-refractivity contribution in [1.29, 1.82) is 0 Å². The molecule has 2 rings (SSSR count). The Morgan fingerprint density at radius 2 is 2.20 bits per heavy atom. The van der Waals surface area contributed by atoms with E-state index in [0.29, 0.717) is 22.0 Å². The maximum absolute atomic E-state index is 11.7. The fraction of sp³-hybridized carbons (Fsp3) is 0.154. The highest BCUT2D eigenvalue weighted by atomic mass is 35.5. The molecular formula is C13H10Cl2N2O3. The van der Waals surface area contributed by atoms with Crippen molar-refractivity contribution in [2.45, 2.75) is 6.92 Å². The molecule has 0 aliphatic rings. The minimum atomic E-state index is -0.661. The van der Waals surface area contributed by atoms with Crippen LogP contribution in [0.15, 0.2) is 24.4 Å². The second-order valence-electron chi connectivity index (χ2n) is 3.81. The number of hydrogen-bond acceptors (Lipinski definition) is 4. The number of carbonyl (C=O) groups excluding carboxylic acids is 2. The summed E-state index contributed by atoms with van der Waals surface area (Å²) in [6.45, 7) is 1.87. The standard InChI is InChI=1S/C13H10Cl2N2O3/c1-2-20-13(19)12-8(7-18)6-17(16-12)11-5-9(14)3-4-10(11)15/h3-7H,2H2,1H3. The van der Waals surface area contributed by atoms with Gasteiger partial charge in [0.05, 0.1) is 22.9 Å². The van der Waals surface area contributed by atoms with Crippen molar-refractivity contribution in [3.63, 3.8) is 0 Å². The monoisotopic (exact) mass is 312 g/mol. The first kappa shape index (κ1) is 14.6. The van der Waals surface area contributed by atoms with Gasteiger partial charge < -0.3 is 4.74 Å². The Hall–Kier alpha value is -1.85. The molecule has 0 spiro atoms. The van der Waals surface area contributed by atoms with Crippen molar-refractivity contribution >= 4 is 35.5 Å². The molecule has 1 aromatic carbocycles. The fourth-order valence-corrected chi connectivity index (χ4v) is 1.99. The predicted molar refractivity (Wildman–Crippen MR) is 74.9 cm³/mol. The van der Waals surface area contributed by atoms with Gasteiger partial charge in [-0.25, -0.2) is 9.48 Å². The molecule has 0 amide bonds. The summed E-state index contributed by atoms with van der Waals surface area (Å²) < 4.78 is 6.16. The first-order valence-electron chi connectivity index (χ1n) is 5.74. The van der Waals surface area contributed by atoms with Crippen molar-refractivity contribution in [2.24, 2.45) is 0 Å². The molecule has 0 aliphatic carbocycles. The largest absolute Gasteiger partial charge is 0.461 e. The first-order valence-corrected chi connectivity index (χ1v) is 6.49. The quantitative estimate of drug-likeness (QED) is 0.642. The number of esters is 1. The molecule has 5 nitrogen and oxygen atoms in total. The van der Waals surface area contributed by atoms with Gasteiger partial charge in [-0.3, -0.25) is 4.79 Å². The highest BCUT2D eigenvalue weighted by Gasteiger charge is 2.19. The molecule has 20 heavy (non-hydrogen) atoms. The lowest BCUT2D eigenvalue weighted by Gasteiger charge is -2.04. The summed E-state index contributed by atoms with van der Waals surface area (Å²) in [5.41, 5.74) is 0.537. The molecule has 1 heterocycles. The Morgan fingerprint density at radius 3 is 2.85 bits per heavy atom. The number of aldehydes is 1. The van der Waals surface area contributed by atoms with Crippen LogP contribution in [-0.2, 0) is 4.74 Å². The maximum Gasteiger partial charge on any atom is 0.359 e. The predicted octanol–water partition coefficient (Wildman–Crippen LogP) is 3.17. The summed E-state index contributed by atoms with van der Waals surface area (Å²) in [6.07, 6.45) is 1.94. The van der Waals surface area contributed by atoms with E-state index in [1.807, 2.05) is 0 Å². The maximum atomic E-state index is 11.7. The average Bonchev–Trinajstić information content (AvgIpc) is 2.86. The zero-order valence-electron chi connectivity index (χ0n) is 10.5. The lowest BCUT2D eigenvalue weighted by molar-refractivity contribution is 0.0517. The number of halogens is 2. The minimum Gasteiger partial charge on any atom is -0.461 e. The van der Waals surface area contributed by atoms with Gasteiger partial charge in [0, 0.05) is 11.2 Å². The highest BCUT2D eigenvalue weighted by molar-refractivity contribution is 6.34. The molecule has 0 fully saturated rings. The SMILES string of the molecule is CCOC(=O)c1nn(-c2cc(Cl)ccc2Cl)cc1C=O. The van der Waals surface area contributed by atoms with E-state index in [4.69, 9.17) is 27.9 Å². The Balaban J connectivity index is 2.51. The van der Waals surface area contributed by atoms with E-state index in [1.165, 1.54) is 10.9 Å². The van der Waals surface area contributed by atoms with Crippen LogP contribution in [0.1, 0.15) is 27.8 Å². The van der Waals surface area contributed by atoms with E-state index >= 15 is 0 Å². The van der Waals surface area contributed by atoms with Gasteiger partial charge in [0.1, 0.15) is 0 Å². The van der Waals surface area contributed by atoms with Crippen LogP contribution in [0.25, 0.3) is 5.69 Å². The Morgan fingerprint density at radius 1 is 1.45 bits per heavy atom. The van der Waals surface area contributed by atoms with Gasteiger partial charge in [0.25, 0.3) is 0 Å². The summed E-state index contributed by atoms with van der Waals surface area (Å²) in [6, 6.07) is 4.82. The van der Waals surface area contributed by atoms with Crippen LogP contribution in [0.3, 0.4) is 0 Å². The van der Waals surface area contributed by atoms with E-state index in [9.17, 15) is 9.59 Å². The van der Waals surface area contributed by atoms with E-state index < -0.39 is 5.97 Å². The molecule has 0 saturated heterocycles. The topological polar surface area (TPSA) is 61.2 Å². The van der Waals surface area contributed by atoms with Crippen molar-refractivity contribution in [3.8, 4) is 5.69 Å². The van der Waals surface area contributed by atoms with E-state index in [2.05, 4.69) is 5.10 Å². The summed E-state index contributed by atoms with van der Waals surface area (Å²) in [4.78, 5) is 22.7. The summed E-state index contributed by atoms with van der Waals surface area (Å²) in [5, 5.41) is 4.90. The summed E-state index contributed by atoms with van der Waals surface area (Å²) in [5.74, 6) is -0.661. The third-order valence-electron chi connectivity index (χ3n) is 2.49. The smallest absolute Gasteiger partial charge is 0.359 e. The molecule has 0 bridgehead atoms. The first-order chi connectivity index (χ1) is 9.56. The molecule has 1 aromatic heterocycles. The number of aromatic nitrogens is 2. The van der Waals surface area contributed by atoms with Gasteiger partial charge in [-0.2, -0.15) is 5.10 Å². The van der Waals surface area contributed by atoms with Crippen LogP contribution in [-0.4, -0.2) is 28.6 Å². The van der Waals surface area contributed by atoms with E-state index in [1.54, 1.807) is 25.1 Å². The highest BCUT2D eigenvalue weighted by Crippen LogP contribution is 2.24. The molecular weight excluding hydrogens is 303 g/mol. The van der Waals surface area contributed by atoms with Crippen LogP contribution in [0.4, 0.5) is 0 Å². The van der Waals surface area contributed by atoms with Gasteiger partial charge >= 0.3 is 5.97 Å². The molecule has 0 aliphatic heterocycles. The molecule has 0 N–H and O–H groups in total. The zero-order chi connectivity index (χ0) is 14.7. The van der Waals surface area contributed by atoms with Crippen LogP contribution < -0.4 is 0 Å². The second-order valence-corrected chi connectivity index (χ2v) is 4.66. The van der Waals surface area contributed by atoms with Crippen LogP contribution in [0.2, 0.25) is 10.0 Å². The number of carbonyl (C=O) groups is 2. The molecule has 2 aromatic rings. The number of benzene rings is 1. The van der Waals surface area contributed by atoms with Crippen LogP contribution >= 0.6 is 23.2 Å². The zero-order valence-corrected chi connectivity index (χ0v) is 12.0. The van der Waals surface area contributed by atoms with E-state index in [-0.39, 0.29) is 17.9 Å². The molecule has 7 heteroatoms. The number of hydrogen-bond donors (Lipinski definition) is 0. The van der Waals surface area contributed by atoms with Gasteiger partial charge in [0.2, 0.25) is 0 Å².